The van der Waals surface area contributed by atoms with Crippen LogP contribution in [0.1, 0.15) is 18.4 Å². The van der Waals surface area contributed by atoms with Gasteiger partial charge in [0.1, 0.15) is 5.88 Å². The molecule has 1 fully saturated rings. The van der Waals surface area contributed by atoms with Crippen molar-refractivity contribution in [3.8, 4) is 0 Å². The molecule has 0 saturated heterocycles. The maximum atomic E-state index is 11.9. The van der Waals surface area contributed by atoms with E-state index in [-0.39, 0.29) is 18.0 Å². The van der Waals surface area contributed by atoms with E-state index in [2.05, 4.69) is 5.32 Å². The molecular formula is C11H13ClN2O2S. The highest BCUT2D eigenvalue weighted by atomic mass is 35.5. The number of amides is 3. The van der Waals surface area contributed by atoms with Crippen molar-refractivity contribution in [3.63, 3.8) is 0 Å². The Morgan fingerprint density at radius 1 is 1.53 bits per heavy atom. The van der Waals surface area contributed by atoms with Gasteiger partial charge in [0.25, 0.3) is 0 Å². The molecule has 2 rings (SSSR count). The van der Waals surface area contributed by atoms with Gasteiger partial charge in [0.05, 0.1) is 0 Å². The lowest BCUT2D eigenvalue weighted by molar-refractivity contribution is -0.117. The minimum absolute atomic E-state index is 0.192. The molecule has 1 aromatic heterocycles. The third-order valence-corrected chi connectivity index (χ3v) is 3.52. The van der Waals surface area contributed by atoms with E-state index in [4.69, 9.17) is 11.6 Å². The summed E-state index contributed by atoms with van der Waals surface area (Å²) in [6.45, 7) is 0.551. The van der Waals surface area contributed by atoms with Gasteiger partial charge in [-0.3, -0.25) is 10.1 Å². The summed E-state index contributed by atoms with van der Waals surface area (Å²) in [6.07, 6.45) is 2.01. The molecule has 0 aromatic carbocycles. The molecule has 6 heteroatoms. The topological polar surface area (TPSA) is 49.4 Å². The number of hydrogen-bond acceptors (Lipinski definition) is 3. The Labute approximate surface area is 109 Å². The van der Waals surface area contributed by atoms with Gasteiger partial charge >= 0.3 is 6.03 Å². The molecule has 1 N–H and O–H groups in total. The van der Waals surface area contributed by atoms with Crippen molar-refractivity contribution in [3.05, 3.63) is 22.4 Å². The summed E-state index contributed by atoms with van der Waals surface area (Å²) < 4.78 is 0. The normalized spacial score (nSPS) is 14.4. The molecule has 1 aliphatic carbocycles. The van der Waals surface area contributed by atoms with Crippen molar-refractivity contribution in [2.45, 2.75) is 25.4 Å². The molecule has 0 bridgehead atoms. The Hall–Kier alpha value is -1.07. The van der Waals surface area contributed by atoms with Crippen molar-refractivity contribution < 1.29 is 9.59 Å². The molecule has 0 radical (unpaired) electrons. The number of carbonyl (C=O) groups is 2. The van der Waals surface area contributed by atoms with E-state index in [1.807, 2.05) is 16.8 Å². The maximum absolute atomic E-state index is 11.9. The maximum Gasteiger partial charge on any atom is 0.324 e. The van der Waals surface area contributed by atoms with Crippen LogP contribution in [0.5, 0.6) is 0 Å². The van der Waals surface area contributed by atoms with Crippen LogP contribution in [0.3, 0.4) is 0 Å². The molecular weight excluding hydrogens is 260 g/mol. The summed E-state index contributed by atoms with van der Waals surface area (Å²) in [5.74, 6) is -0.643. The van der Waals surface area contributed by atoms with Gasteiger partial charge in [0.15, 0.2) is 0 Å². The number of nitrogens with zero attached hydrogens (tertiary/aromatic N) is 1. The first-order chi connectivity index (χ1) is 8.20. The summed E-state index contributed by atoms with van der Waals surface area (Å²) in [5, 5.41) is 6.26. The van der Waals surface area contributed by atoms with Gasteiger partial charge < -0.3 is 4.90 Å². The van der Waals surface area contributed by atoms with E-state index in [1.165, 1.54) is 0 Å². The average Bonchev–Trinajstić information content (AvgIpc) is 3.03. The Kier molecular flexibility index (Phi) is 4.02. The molecule has 1 aromatic rings. The highest BCUT2D eigenvalue weighted by Gasteiger charge is 2.33. The fourth-order valence-corrected chi connectivity index (χ4v) is 2.28. The first-order valence-electron chi connectivity index (χ1n) is 5.38. The lowest BCUT2D eigenvalue weighted by Gasteiger charge is -2.21. The van der Waals surface area contributed by atoms with Crippen LogP contribution < -0.4 is 5.32 Å². The molecule has 1 saturated carbocycles. The van der Waals surface area contributed by atoms with Gasteiger partial charge in [0.2, 0.25) is 5.91 Å². The Bertz CT molecular complexity index is 404. The lowest BCUT2D eigenvalue weighted by atomic mass is 10.3. The van der Waals surface area contributed by atoms with Gasteiger partial charge in [-0.2, -0.15) is 11.3 Å². The molecule has 0 atom stereocenters. The lowest BCUT2D eigenvalue weighted by Crippen LogP contribution is -2.44. The highest BCUT2D eigenvalue weighted by Crippen LogP contribution is 2.28. The molecule has 3 amide bonds. The van der Waals surface area contributed by atoms with E-state index < -0.39 is 5.91 Å². The zero-order valence-electron chi connectivity index (χ0n) is 9.19. The minimum atomic E-state index is -0.451. The van der Waals surface area contributed by atoms with E-state index in [0.717, 1.165) is 18.4 Å². The minimum Gasteiger partial charge on any atom is -0.317 e. The number of alkyl halides is 1. The summed E-state index contributed by atoms with van der Waals surface area (Å²) >= 11 is 6.95. The van der Waals surface area contributed by atoms with Gasteiger partial charge in [-0.05, 0) is 35.2 Å². The average molecular weight is 273 g/mol. The second-order valence-electron chi connectivity index (χ2n) is 3.98. The first kappa shape index (κ1) is 12.4. The summed E-state index contributed by atoms with van der Waals surface area (Å²) in [5.41, 5.74) is 1.09. The van der Waals surface area contributed by atoms with Crippen molar-refractivity contribution in [1.29, 1.82) is 0 Å². The Morgan fingerprint density at radius 2 is 2.29 bits per heavy atom. The number of urea groups is 1. The third-order valence-electron chi connectivity index (χ3n) is 2.55. The van der Waals surface area contributed by atoms with E-state index in [9.17, 15) is 9.59 Å². The molecule has 4 nitrogen and oxygen atoms in total. The first-order valence-corrected chi connectivity index (χ1v) is 6.86. The molecule has 0 aliphatic heterocycles. The van der Waals surface area contributed by atoms with Crippen molar-refractivity contribution in [1.82, 2.24) is 10.2 Å². The zero-order chi connectivity index (χ0) is 12.3. The predicted octanol–water partition coefficient (Wildman–Crippen LogP) is 2.19. The molecule has 92 valence electrons. The fourth-order valence-electron chi connectivity index (χ4n) is 1.56. The largest absolute Gasteiger partial charge is 0.324 e. The van der Waals surface area contributed by atoms with Crippen LogP contribution in [-0.4, -0.2) is 28.8 Å². The smallest absolute Gasteiger partial charge is 0.317 e. The van der Waals surface area contributed by atoms with E-state index in [0.29, 0.717) is 6.54 Å². The van der Waals surface area contributed by atoms with Crippen LogP contribution in [0, 0.1) is 0 Å². The van der Waals surface area contributed by atoms with Crippen LogP contribution in [0.25, 0.3) is 0 Å². The van der Waals surface area contributed by atoms with Crippen molar-refractivity contribution >= 4 is 34.9 Å². The van der Waals surface area contributed by atoms with Crippen LogP contribution in [0.15, 0.2) is 16.8 Å². The van der Waals surface area contributed by atoms with Crippen LogP contribution in [0.4, 0.5) is 4.79 Å². The number of nitrogens with one attached hydrogen (secondary N) is 1. The second kappa shape index (κ2) is 5.51. The number of hydrogen-bond donors (Lipinski definition) is 1. The van der Waals surface area contributed by atoms with Crippen LogP contribution in [-0.2, 0) is 11.3 Å². The van der Waals surface area contributed by atoms with Crippen molar-refractivity contribution in [2.24, 2.45) is 0 Å². The fraction of sp³-hybridized carbons (Fsp3) is 0.455. The van der Waals surface area contributed by atoms with Crippen LogP contribution >= 0.6 is 22.9 Å². The molecule has 1 aliphatic rings. The highest BCUT2D eigenvalue weighted by molar-refractivity contribution is 7.07. The quantitative estimate of drug-likeness (QED) is 0.854. The summed E-state index contributed by atoms with van der Waals surface area (Å²) in [7, 11) is 0. The van der Waals surface area contributed by atoms with Gasteiger partial charge in [-0.15, -0.1) is 11.6 Å². The predicted molar refractivity (Wildman–Crippen MR) is 67.1 cm³/mol. The Balaban J connectivity index is 1.97. The molecule has 0 spiro atoms. The second-order valence-corrected chi connectivity index (χ2v) is 5.02. The standard InChI is InChI=1S/C11H13ClN2O2S/c12-5-10(15)13-11(16)14(9-1-2-9)6-8-3-4-17-7-8/h3-4,7,9H,1-2,5-6H2,(H,13,15,16). The number of imide groups is 1. The SMILES string of the molecule is O=C(CCl)NC(=O)N(Cc1ccsc1)C1CC1. The van der Waals surface area contributed by atoms with Crippen LogP contribution in [0.2, 0.25) is 0 Å². The molecule has 0 unspecified atom stereocenters. The number of halogens is 1. The number of rotatable bonds is 4. The molecule has 17 heavy (non-hydrogen) atoms. The van der Waals surface area contributed by atoms with E-state index in [1.54, 1.807) is 16.2 Å². The van der Waals surface area contributed by atoms with Gasteiger partial charge in [0, 0.05) is 12.6 Å². The van der Waals surface area contributed by atoms with E-state index >= 15 is 0 Å². The third kappa shape index (κ3) is 3.44. The zero-order valence-corrected chi connectivity index (χ0v) is 10.8. The Morgan fingerprint density at radius 3 is 2.82 bits per heavy atom. The number of carbonyl (C=O) groups excluding carboxylic acids is 2. The van der Waals surface area contributed by atoms with Gasteiger partial charge in [-0.1, -0.05) is 0 Å². The summed E-state index contributed by atoms with van der Waals surface area (Å²) in [6, 6.07) is 1.90. The molecule has 1 heterocycles. The van der Waals surface area contributed by atoms with Gasteiger partial charge in [-0.25, -0.2) is 4.79 Å². The number of thiophene rings is 1. The monoisotopic (exact) mass is 272 g/mol. The summed E-state index contributed by atoms with van der Waals surface area (Å²) in [4.78, 5) is 24.6. The van der Waals surface area contributed by atoms with Crippen molar-refractivity contribution in [2.75, 3.05) is 5.88 Å².